The van der Waals surface area contributed by atoms with Gasteiger partial charge >= 0.3 is 0 Å². The number of rotatable bonds is 5. The summed E-state index contributed by atoms with van der Waals surface area (Å²) in [7, 11) is -2.80. The largest absolute Gasteiger partial charge is 0.312 e. The normalized spacial score (nSPS) is 15.5. The van der Waals surface area contributed by atoms with Crippen molar-refractivity contribution in [3.63, 3.8) is 0 Å². The Hall–Kier alpha value is -0.0900. The number of nitrogens with one attached hydrogen (secondary N) is 1. The van der Waals surface area contributed by atoms with Gasteiger partial charge in [0.2, 0.25) is 0 Å². The SMILES string of the molecule is CC(CCS(C)(=O)=O)CNC(C)(C)C. The minimum atomic E-state index is -2.80. The first-order chi connectivity index (χ1) is 6.10. The van der Waals surface area contributed by atoms with Crippen molar-refractivity contribution in [1.82, 2.24) is 5.32 Å². The summed E-state index contributed by atoms with van der Waals surface area (Å²) < 4.78 is 21.8. The lowest BCUT2D eigenvalue weighted by Crippen LogP contribution is -2.38. The Balaban J connectivity index is 3.73. The summed E-state index contributed by atoms with van der Waals surface area (Å²) in [4.78, 5) is 0. The average molecular weight is 221 g/mol. The zero-order valence-electron chi connectivity index (χ0n) is 9.92. The molecule has 0 aliphatic carbocycles. The second-order valence-corrected chi connectivity index (χ2v) is 7.41. The van der Waals surface area contributed by atoms with Crippen LogP contribution < -0.4 is 5.32 Å². The minimum Gasteiger partial charge on any atom is -0.312 e. The summed E-state index contributed by atoms with van der Waals surface area (Å²) in [6.45, 7) is 9.27. The summed E-state index contributed by atoms with van der Waals surface area (Å²) in [6.07, 6.45) is 2.03. The lowest BCUT2D eigenvalue weighted by Gasteiger charge is -2.23. The van der Waals surface area contributed by atoms with Crippen LogP contribution >= 0.6 is 0 Å². The van der Waals surface area contributed by atoms with Gasteiger partial charge in [0.05, 0.1) is 5.75 Å². The van der Waals surface area contributed by atoms with Gasteiger partial charge in [-0.2, -0.15) is 0 Å². The van der Waals surface area contributed by atoms with E-state index in [1.165, 1.54) is 6.26 Å². The van der Waals surface area contributed by atoms with Crippen LogP contribution in [0.1, 0.15) is 34.1 Å². The maximum Gasteiger partial charge on any atom is 0.147 e. The zero-order chi connectivity index (χ0) is 11.4. The zero-order valence-corrected chi connectivity index (χ0v) is 10.7. The molecular formula is C10H23NO2S. The average Bonchev–Trinajstić information content (AvgIpc) is 1.94. The Morgan fingerprint density at radius 3 is 2.14 bits per heavy atom. The Bertz CT molecular complexity index is 252. The molecule has 3 nitrogen and oxygen atoms in total. The van der Waals surface area contributed by atoms with E-state index < -0.39 is 9.84 Å². The van der Waals surface area contributed by atoms with E-state index in [9.17, 15) is 8.42 Å². The fourth-order valence-electron chi connectivity index (χ4n) is 0.998. The summed E-state index contributed by atoms with van der Waals surface area (Å²) in [6, 6.07) is 0. The molecule has 1 N–H and O–H groups in total. The van der Waals surface area contributed by atoms with E-state index in [2.05, 4.69) is 33.0 Å². The Morgan fingerprint density at radius 2 is 1.79 bits per heavy atom. The summed E-state index contributed by atoms with van der Waals surface area (Å²) in [5, 5.41) is 3.36. The summed E-state index contributed by atoms with van der Waals surface area (Å²) >= 11 is 0. The molecule has 0 heterocycles. The van der Waals surface area contributed by atoms with Crippen molar-refractivity contribution in [2.75, 3.05) is 18.6 Å². The van der Waals surface area contributed by atoms with E-state index in [0.29, 0.717) is 11.7 Å². The molecule has 0 aromatic carbocycles. The van der Waals surface area contributed by atoms with Crippen LogP contribution in [-0.2, 0) is 9.84 Å². The van der Waals surface area contributed by atoms with Crippen LogP contribution in [-0.4, -0.2) is 32.5 Å². The molecule has 0 radical (unpaired) electrons. The molecule has 0 aromatic heterocycles. The van der Waals surface area contributed by atoms with Crippen LogP contribution in [0.25, 0.3) is 0 Å². The van der Waals surface area contributed by atoms with Crippen LogP contribution in [0.3, 0.4) is 0 Å². The molecule has 1 atom stereocenters. The van der Waals surface area contributed by atoms with E-state index in [4.69, 9.17) is 0 Å². The molecular weight excluding hydrogens is 198 g/mol. The van der Waals surface area contributed by atoms with Crippen molar-refractivity contribution in [2.45, 2.75) is 39.7 Å². The fraction of sp³-hybridized carbons (Fsp3) is 1.00. The quantitative estimate of drug-likeness (QED) is 0.764. The fourth-order valence-corrected chi connectivity index (χ4v) is 1.83. The van der Waals surface area contributed by atoms with E-state index >= 15 is 0 Å². The number of sulfone groups is 1. The molecule has 0 rings (SSSR count). The molecule has 0 fully saturated rings. The third-order valence-electron chi connectivity index (χ3n) is 1.96. The van der Waals surface area contributed by atoms with Crippen molar-refractivity contribution < 1.29 is 8.42 Å². The van der Waals surface area contributed by atoms with E-state index in [1.807, 2.05) is 0 Å². The first kappa shape index (κ1) is 13.9. The highest BCUT2D eigenvalue weighted by Crippen LogP contribution is 2.06. The standard InChI is InChI=1S/C10H23NO2S/c1-9(6-7-14(5,12)13)8-11-10(2,3)4/h9,11H,6-8H2,1-5H3. The van der Waals surface area contributed by atoms with Gasteiger partial charge in [0.25, 0.3) is 0 Å². The van der Waals surface area contributed by atoms with Gasteiger partial charge in [-0.1, -0.05) is 6.92 Å². The summed E-state index contributed by atoms with van der Waals surface area (Å²) in [5.41, 5.74) is 0.110. The van der Waals surface area contributed by atoms with E-state index in [0.717, 1.165) is 13.0 Å². The van der Waals surface area contributed by atoms with Crippen LogP contribution in [0, 0.1) is 5.92 Å². The molecule has 14 heavy (non-hydrogen) atoms. The predicted molar refractivity (Wildman–Crippen MR) is 61.2 cm³/mol. The molecule has 0 aromatic rings. The van der Waals surface area contributed by atoms with Crippen molar-refractivity contribution in [2.24, 2.45) is 5.92 Å². The second-order valence-electron chi connectivity index (χ2n) is 5.15. The monoisotopic (exact) mass is 221 g/mol. The highest BCUT2D eigenvalue weighted by molar-refractivity contribution is 7.90. The maximum atomic E-state index is 10.9. The van der Waals surface area contributed by atoms with Gasteiger partial charge in [0.15, 0.2) is 0 Å². The molecule has 0 aliphatic rings. The van der Waals surface area contributed by atoms with Crippen molar-refractivity contribution in [3.8, 4) is 0 Å². The molecule has 0 spiro atoms. The number of hydrogen-bond acceptors (Lipinski definition) is 3. The van der Waals surface area contributed by atoms with Gasteiger partial charge in [-0.05, 0) is 39.7 Å². The van der Waals surface area contributed by atoms with Crippen molar-refractivity contribution >= 4 is 9.84 Å². The third-order valence-corrected chi connectivity index (χ3v) is 2.94. The first-order valence-corrected chi connectivity index (χ1v) is 7.09. The van der Waals surface area contributed by atoms with Gasteiger partial charge in [-0.25, -0.2) is 8.42 Å². The van der Waals surface area contributed by atoms with Gasteiger partial charge in [0.1, 0.15) is 9.84 Å². The molecule has 0 saturated heterocycles. The van der Waals surface area contributed by atoms with Crippen molar-refractivity contribution in [1.29, 1.82) is 0 Å². The van der Waals surface area contributed by atoms with Crippen LogP contribution in [0.15, 0.2) is 0 Å². The molecule has 0 saturated carbocycles. The van der Waals surface area contributed by atoms with E-state index in [1.54, 1.807) is 0 Å². The highest BCUT2D eigenvalue weighted by atomic mass is 32.2. The smallest absolute Gasteiger partial charge is 0.147 e. The molecule has 1 unspecified atom stereocenters. The lowest BCUT2D eigenvalue weighted by molar-refractivity contribution is 0.378. The molecule has 0 aliphatic heterocycles. The summed E-state index contributed by atoms with van der Waals surface area (Å²) in [5.74, 6) is 0.698. The van der Waals surface area contributed by atoms with Gasteiger partial charge < -0.3 is 5.32 Å². The predicted octanol–water partition coefficient (Wildman–Crippen LogP) is 1.45. The van der Waals surface area contributed by atoms with Gasteiger partial charge in [-0.15, -0.1) is 0 Å². The Labute approximate surface area is 88.2 Å². The first-order valence-electron chi connectivity index (χ1n) is 5.03. The topological polar surface area (TPSA) is 46.2 Å². The van der Waals surface area contributed by atoms with Crippen LogP contribution in [0.4, 0.5) is 0 Å². The highest BCUT2D eigenvalue weighted by Gasteiger charge is 2.12. The van der Waals surface area contributed by atoms with Crippen molar-refractivity contribution in [3.05, 3.63) is 0 Å². The van der Waals surface area contributed by atoms with Crippen LogP contribution in [0.2, 0.25) is 0 Å². The molecule has 0 bridgehead atoms. The van der Waals surface area contributed by atoms with Gasteiger partial charge in [-0.3, -0.25) is 0 Å². The molecule has 4 heteroatoms. The van der Waals surface area contributed by atoms with Gasteiger partial charge in [0, 0.05) is 11.8 Å². The van der Waals surface area contributed by atoms with Crippen LogP contribution in [0.5, 0.6) is 0 Å². The van der Waals surface area contributed by atoms with E-state index in [-0.39, 0.29) is 5.54 Å². The molecule has 86 valence electrons. The Kier molecular flexibility index (Phi) is 5.09. The third kappa shape index (κ3) is 9.99. The maximum absolute atomic E-state index is 10.9. The Morgan fingerprint density at radius 1 is 1.29 bits per heavy atom. The minimum absolute atomic E-state index is 0.110. The lowest BCUT2D eigenvalue weighted by atomic mass is 10.1. The molecule has 0 amide bonds. The number of hydrogen-bond donors (Lipinski definition) is 1. The second kappa shape index (κ2) is 5.12.